The van der Waals surface area contributed by atoms with E-state index < -0.39 is 11.7 Å². The monoisotopic (exact) mass is 451 g/mol. The van der Waals surface area contributed by atoms with Crippen molar-refractivity contribution in [3.8, 4) is 0 Å². The van der Waals surface area contributed by atoms with Crippen LogP contribution < -0.4 is 10.2 Å². The average Bonchev–Trinajstić information content (AvgIpc) is 2.77. The predicted octanol–water partition coefficient (Wildman–Crippen LogP) is 5.87. The molecule has 1 aliphatic rings. The molecule has 3 aromatic carbocycles. The summed E-state index contributed by atoms with van der Waals surface area (Å²) in [5, 5.41) is 3.50. The molecule has 0 saturated carbocycles. The molecule has 0 radical (unpaired) electrons. The summed E-state index contributed by atoms with van der Waals surface area (Å²) >= 11 is 5.97. The summed E-state index contributed by atoms with van der Waals surface area (Å²) in [5.41, 5.74) is 3.28. The highest BCUT2D eigenvalue weighted by molar-refractivity contribution is 6.30. The van der Waals surface area contributed by atoms with Gasteiger partial charge >= 0.3 is 6.03 Å². The molecule has 1 N–H and O–H groups in total. The summed E-state index contributed by atoms with van der Waals surface area (Å²) in [4.78, 5) is 29.5. The second-order valence-electron chi connectivity index (χ2n) is 7.82. The van der Waals surface area contributed by atoms with Gasteiger partial charge in [0.25, 0.3) is 5.91 Å². The third-order valence-electron chi connectivity index (χ3n) is 5.38. The molecule has 0 bridgehead atoms. The van der Waals surface area contributed by atoms with Gasteiger partial charge in [0.2, 0.25) is 0 Å². The number of rotatable bonds is 5. The third-order valence-corrected chi connectivity index (χ3v) is 5.63. The van der Waals surface area contributed by atoms with Crippen molar-refractivity contribution in [3.63, 3.8) is 0 Å². The van der Waals surface area contributed by atoms with E-state index >= 15 is 0 Å². The molecular weight excluding hydrogens is 429 g/mol. The molecule has 0 aromatic heterocycles. The Hall–Kier alpha value is -3.38. The van der Waals surface area contributed by atoms with Crippen LogP contribution >= 0.6 is 11.6 Å². The second-order valence-corrected chi connectivity index (χ2v) is 8.26. The van der Waals surface area contributed by atoms with Crippen molar-refractivity contribution in [1.82, 2.24) is 4.90 Å². The smallest absolute Gasteiger partial charge is 0.320 e. The van der Waals surface area contributed by atoms with E-state index in [1.165, 1.54) is 18.2 Å². The van der Waals surface area contributed by atoms with E-state index in [0.717, 1.165) is 17.5 Å². The van der Waals surface area contributed by atoms with Crippen molar-refractivity contribution in [2.24, 2.45) is 0 Å². The highest BCUT2D eigenvalue weighted by Crippen LogP contribution is 2.31. The summed E-state index contributed by atoms with van der Waals surface area (Å²) in [6.45, 7) is 3.58. The Kier molecular flexibility index (Phi) is 6.42. The molecule has 164 valence electrons. The molecule has 1 fully saturated rings. The zero-order valence-electron chi connectivity index (χ0n) is 17.6. The number of carbonyl (C=O) groups is 2. The first kappa shape index (κ1) is 21.8. The van der Waals surface area contributed by atoms with Gasteiger partial charge in [0, 0.05) is 30.2 Å². The van der Waals surface area contributed by atoms with Crippen molar-refractivity contribution in [2.45, 2.75) is 19.9 Å². The molecule has 4 rings (SSSR count). The summed E-state index contributed by atoms with van der Waals surface area (Å²) in [5.74, 6) is -0.912. The number of halogens is 2. The van der Waals surface area contributed by atoms with Crippen LogP contribution in [0.15, 0.2) is 66.7 Å². The van der Waals surface area contributed by atoms with Crippen LogP contribution in [-0.4, -0.2) is 29.9 Å². The number of nitrogens with one attached hydrogen (secondary N) is 1. The fraction of sp³-hybridized carbons (Fsp3) is 0.200. The zero-order valence-corrected chi connectivity index (χ0v) is 18.4. The lowest BCUT2D eigenvalue weighted by Gasteiger charge is -2.36. The quantitative estimate of drug-likeness (QED) is 0.527. The van der Waals surface area contributed by atoms with Crippen LogP contribution in [0.1, 0.15) is 27.9 Å². The maximum Gasteiger partial charge on any atom is 0.324 e. The normalized spacial score (nSPS) is 13.9. The van der Waals surface area contributed by atoms with Gasteiger partial charge in [-0.2, -0.15) is 0 Å². The highest BCUT2D eigenvalue weighted by Gasteiger charge is 2.28. The van der Waals surface area contributed by atoms with Crippen LogP contribution in [0.4, 0.5) is 20.6 Å². The second kappa shape index (κ2) is 9.40. The minimum absolute atomic E-state index is 0.128. The first-order chi connectivity index (χ1) is 15.4. The van der Waals surface area contributed by atoms with Crippen molar-refractivity contribution in [1.29, 1.82) is 0 Å². The van der Waals surface area contributed by atoms with Crippen molar-refractivity contribution in [3.05, 3.63) is 94.3 Å². The molecular formula is C25H23ClFN3O2. The molecule has 3 amide bonds. The Morgan fingerprint density at radius 2 is 1.84 bits per heavy atom. The van der Waals surface area contributed by atoms with Gasteiger partial charge in [-0.1, -0.05) is 35.9 Å². The van der Waals surface area contributed by atoms with Gasteiger partial charge in [0.1, 0.15) is 5.82 Å². The van der Waals surface area contributed by atoms with E-state index in [2.05, 4.69) is 5.32 Å². The van der Waals surface area contributed by atoms with Crippen LogP contribution in [0.25, 0.3) is 0 Å². The predicted molar refractivity (Wildman–Crippen MR) is 125 cm³/mol. The van der Waals surface area contributed by atoms with Crippen LogP contribution in [-0.2, 0) is 6.54 Å². The number of nitrogens with zero attached hydrogens (tertiary/aromatic N) is 2. The number of amides is 3. The maximum atomic E-state index is 13.6. The van der Waals surface area contributed by atoms with E-state index in [1.807, 2.05) is 49.4 Å². The number of urea groups is 1. The lowest BCUT2D eigenvalue weighted by atomic mass is 10.1. The lowest BCUT2D eigenvalue weighted by Crippen LogP contribution is -2.49. The fourth-order valence-electron chi connectivity index (χ4n) is 3.77. The standard InChI is InChI=1S/C25H23ClFN3O2/c1-17-6-11-23(22(14-17)28-24(31)19-4-2-5-21(27)15-19)30-13-3-12-29(25(30)32)16-18-7-9-20(26)10-8-18/h2,4-11,14-15H,3,12-13,16H2,1H3,(H,28,31). The van der Waals surface area contributed by atoms with Crippen molar-refractivity contribution < 1.29 is 14.0 Å². The van der Waals surface area contributed by atoms with Gasteiger partial charge in [-0.15, -0.1) is 0 Å². The van der Waals surface area contributed by atoms with Crippen LogP contribution in [0.5, 0.6) is 0 Å². The van der Waals surface area contributed by atoms with Gasteiger partial charge in [-0.3, -0.25) is 9.69 Å². The summed E-state index contributed by atoms with van der Waals surface area (Å²) < 4.78 is 13.6. The van der Waals surface area contributed by atoms with Gasteiger partial charge in [0.05, 0.1) is 11.4 Å². The molecule has 0 atom stereocenters. The van der Waals surface area contributed by atoms with E-state index in [4.69, 9.17) is 11.6 Å². The number of hydrogen-bond donors (Lipinski definition) is 1. The number of hydrogen-bond acceptors (Lipinski definition) is 2. The molecule has 1 aliphatic heterocycles. The third kappa shape index (κ3) is 4.92. The first-order valence-electron chi connectivity index (χ1n) is 10.4. The molecule has 7 heteroatoms. The molecule has 3 aromatic rings. The van der Waals surface area contributed by atoms with Crippen molar-refractivity contribution >= 4 is 34.9 Å². The van der Waals surface area contributed by atoms with Crippen LogP contribution in [0.3, 0.4) is 0 Å². The molecule has 1 heterocycles. The minimum Gasteiger partial charge on any atom is -0.320 e. The number of aryl methyl sites for hydroxylation is 1. The van der Waals surface area contributed by atoms with Gasteiger partial charge in [0.15, 0.2) is 0 Å². The fourth-order valence-corrected chi connectivity index (χ4v) is 3.90. The topological polar surface area (TPSA) is 52.6 Å². The maximum absolute atomic E-state index is 13.6. The largest absolute Gasteiger partial charge is 0.324 e. The van der Waals surface area contributed by atoms with E-state index in [1.54, 1.807) is 15.9 Å². The Labute approximate surface area is 191 Å². The number of benzene rings is 3. The lowest BCUT2D eigenvalue weighted by molar-refractivity contribution is 0.102. The Morgan fingerprint density at radius 3 is 2.59 bits per heavy atom. The molecule has 0 aliphatic carbocycles. The number of carbonyl (C=O) groups excluding carboxylic acids is 2. The molecule has 32 heavy (non-hydrogen) atoms. The summed E-state index contributed by atoms with van der Waals surface area (Å²) in [7, 11) is 0. The number of anilines is 2. The summed E-state index contributed by atoms with van der Waals surface area (Å²) in [6.07, 6.45) is 0.796. The van der Waals surface area contributed by atoms with E-state index in [0.29, 0.717) is 36.0 Å². The molecule has 0 unspecified atom stereocenters. The SMILES string of the molecule is Cc1ccc(N2CCCN(Cc3ccc(Cl)cc3)C2=O)c(NC(=O)c2cccc(F)c2)c1. The molecule has 0 spiro atoms. The minimum atomic E-state index is -0.480. The van der Waals surface area contributed by atoms with E-state index in [9.17, 15) is 14.0 Å². The zero-order chi connectivity index (χ0) is 22.7. The highest BCUT2D eigenvalue weighted by atomic mass is 35.5. The van der Waals surface area contributed by atoms with Gasteiger partial charge in [-0.05, 0) is 66.9 Å². The van der Waals surface area contributed by atoms with Gasteiger partial charge in [-0.25, -0.2) is 9.18 Å². The Balaban J connectivity index is 1.57. The van der Waals surface area contributed by atoms with Crippen molar-refractivity contribution in [2.75, 3.05) is 23.3 Å². The van der Waals surface area contributed by atoms with Crippen LogP contribution in [0, 0.1) is 12.7 Å². The van der Waals surface area contributed by atoms with Gasteiger partial charge < -0.3 is 10.2 Å². The van der Waals surface area contributed by atoms with E-state index in [-0.39, 0.29) is 11.6 Å². The Bertz CT molecular complexity index is 1150. The first-order valence-corrected chi connectivity index (χ1v) is 10.8. The van der Waals surface area contributed by atoms with Crippen LogP contribution in [0.2, 0.25) is 5.02 Å². The molecule has 1 saturated heterocycles. The Morgan fingerprint density at radius 1 is 1.06 bits per heavy atom. The average molecular weight is 452 g/mol. The molecule has 5 nitrogen and oxygen atoms in total. The summed E-state index contributed by atoms with van der Waals surface area (Å²) in [6, 6.07) is 18.4.